The number of fused-ring (bicyclic) bond motifs is 1. The quantitative estimate of drug-likeness (QED) is 0.245. The van der Waals surface area contributed by atoms with Crippen LogP contribution in [0.4, 0.5) is 28.8 Å². The molecule has 4 rings (SSSR count). The second kappa shape index (κ2) is 9.77. The zero-order valence-corrected chi connectivity index (χ0v) is 19.6. The maximum atomic E-state index is 12.2. The van der Waals surface area contributed by atoms with Crippen molar-refractivity contribution >= 4 is 63.0 Å². The van der Waals surface area contributed by atoms with Crippen molar-refractivity contribution in [3.63, 3.8) is 0 Å². The first-order chi connectivity index (χ1) is 16.3. The Labute approximate surface area is 199 Å². The van der Waals surface area contributed by atoms with Crippen molar-refractivity contribution in [2.45, 2.75) is 0 Å². The first-order valence-electron chi connectivity index (χ1n) is 10.2. The van der Waals surface area contributed by atoms with Crippen LogP contribution in [0.5, 0.6) is 5.75 Å². The average Bonchev–Trinajstić information content (AvgIpc) is 3.43. The third-order valence-electron chi connectivity index (χ3n) is 4.75. The molecule has 0 saturated carbocycles. The third-order valence-corrected chi connectivity index (χ3v) is 5.68. The summed E-state index contributed by atoms with van der Waals surface area (Å²) in [4.78, 5) is 38.3. The lowest BCUT2D eigenvalue weighted by Gasteiger charge is -2.15. The molecule has 4 aromatic rings. The first-order valence-corrected chi connectivity index (χ1v) is 11.1. The van der Waals surface area contributed by atoms with Gasteiger partial charge in [0.2, 0.25) is 11.9 Å². The van der Waals surface area contributed by atoms with Gasteiger partial charge in [0.25, 0.3) is 5.91 Å². The van der Waals surface area contributed by atoms with Gasteiger partial charge in [0.15, 0.2) is 0 Å². The number of hydrogen-bond donors (Lipinski definition) is 5. The highest BCUT2D eigenvalue weighted by Gasteiger charge is 2.16. The predicted octanol–water partition coefficient (Wildman–Crippen LogP) is 3.11. The van der Waals surface area contributed by atoms with E-state index in [-0.39, 0.29) is 18.4 Å². The number of benzene rings is 1. The Bertz CT molecular complexity index is 1350. The van der Waals surface area contributed by atoms with Crippen molar-refractivity contribution in [2.24, 2.45) is 5.73 Å². The Kier molecular flexibility index (Phi) is 6.61. The van der Waals surface area contributed by atoms with E-state index in [1.165, 1.54) is 11.3 Å². The predicted molar refractivity (Wildman–Crippen MR) is 133 cm³/mol. The molecule has 0 aliphatic heterocycles. The standard InChI is InChI=1S/C22H24N8O3S/c1-30(2)11-17(31)25-12-4-5-16(33-3)15(10-12)27-22-28-20-13(6-8-24-20)21(29-22)26-14-7-9-34-18(14)19(23)32/h4-10H,11H2,1-3H3,(H2,23,32)(H,25,31)(H3,24,26,27,28,29). The highest BCUT2D eigenvalue weighted by molar-refractivity contribution is 7.12. The maximum absolute atomic E-state index is 12.2. The SMILES string of the molecule is COc1ccc(NC(=O)CN(C)C)cc1Nc1nc(Nc2ccsc2C(N)=O)c2cc[nH]c2n1. The van der Waals surface area contributed by atoms with Gasteiger partial charge in [-0.15, -0.1) is 11.3 Å². The lowest BCUT2D eigenvalue weighted by atomic mass is 10.2. The maximum Gasteiger partial charge on any atom is 0.260 e. The Hall–Kier alpha value is -4.16. The minimum absolute atomic E-state index is 0.141. The van der Waals surface area contributed by atoms with Crippen molar-refractivity contribution in [1.29, 1.82) is 0 Å². The average molecular weight is 481 g/mol. The van der Waals surface area contributed by atoms with Gasteiger partial charge in [0.1, 0.15) is 22.1 Å². The molecule has 0 bridgehead atoms. The van der Waals surface area contributed by atoms with Crippen LogP contribution in [0.2, 0.25) is 0 Å². The lowest BCUT2D eigenvalue weighted by molar-refractivity contribution is -0.116. The van der Waals surface area contributed by atoms with Gasteiger partial charge < -0.3 is 36.3 Å². The molecule has 0 aliphatic rings. The van der Waals surface area contributed by atoms with E-state index in [4.69, 9.17) is 10.5 Å². The smallest absolute Gasteiger partial charge is 0.260 e. The van der Waals surface area contributed by atoms with E-state index in [0.717, 1.165) is 5.39 Å². The summed E-state index contributed by atoms with van der Waals surface area (Å²) in [5, 5.41) is 11.7. The molecule has 34 heavy (non-hydrogen) atoms. The number of carbonyl (C=O) groups is 2. The van der Waals surface area contributed by atoms with E-state index in [1.54, 1.807) is 47.9 Å². The molecular formula is C22H24N8O3S. The normalized spacial score (nSPS) is 10.9. The number of H-pyrrole nitrogens is 1. The number of nitrogens with two attached hydrogens (primary N) is 1. The second-order valence-corrected chi connectivity index (χ2v) is 8.53. The van der Waals surface area contributed by atoms with Crippen LogP contribution in [-0.4, -0.2) is 59.4 Å². The molecule has 1 aromatic carbocycles. The second-order valence-electron chi connectivity index (χ2n) is 7.61. The molecule has 0 radical (unpaired) electrons. The van der Waals surface area contributed by atoms with E-state index >= 15 is 0 Å². The molecule has 0 fully saturated rings. The number of rotatable bonds is 9. The van der Waals surface area contributed by atoms with Crippen LogP contribution in [-0.2, 0) is 4.79 Å². The molecule has 2 amide bonds. The molecule has 3 heterocycles. The van der Waals surface area contributed by atoms with Gasteiger partial charge in [-0.3, -0.25) is 9.59 Å². The monoisotopic (exact) mass is 480 g/mol. The number of amides is 2. The lowest BCUT2D eigenvalue weighted by Crippen LogP contribution is -2.27. The minimum atomic E-state index is -0.520. The number of ether oxygens (including phenoxy) is 1. The van der Waals surface area contributed by atoms with Gasteiger partial charge in [-0.1, -0.05) is 0 Å². The number of nitrogens with zero attached hydrogens (tertiary/aromatic N) is 3. The van der Waals surface area contributed by atoms with Crippen molar-refractivity contribution in [3.8, 4) is 5.75 Å². The number of primary amides is 1. The summed E-state index contributed by atoms with van der Waals surface area (Å²) in [6.07, 6.45) is 1.75. The zero-order chi connectivity index (χ0) is 24.2. The van der Waals surface area contributed by atoms with Crippen molar-refractivity contribution in [2.75, 3.05) is 43.7 Å². The number of methoxy groups -OCH3 is 1. The Morgan fingerprint density at radius 3 is 2.71 bits per heavy atom. The highest BCUT2D eigenvalue weighted by Crippen LogP contribution is 2.33. The first kappa shape index (κ1) is 23.0. The van der Waals surface area contributed by atoms with E-state index in [1.807, 2.05) is 20.2 Å². The van der Waals surface area contributed by atoms with Gasteiger partial charge in [-0.25, -0.2) is 0 Å². The Morgan fingerprint density at radius 1 is 1.15 bits per heavy atom. The van der Waals surface area contributed by atoms with Gasteiger partial charge in [0.05, 0.1) is 30.4 Å². The number of nitrogens with one attached hydrogen (secondary N) is 4. The fourth-order valence-corrected chi connectivity index (χ4v) is 4.01. The molecule has 6 N–H and O–H groups in total. The number of carbonyl (C=O) groups excluding carboxylic acids is 2. The van der Waals surface area contributed by atoms with Crippen molar-refractivity contribution in [1.82, 2.24) is 19.9 Å². The summed E-state index contributed by atoms with van der Waals surface area (Å²) in [5.41, 5.74) is 7.79. The number of thiophene rings is 1. The molecule has 0 aliphatic carbocycles. The highest BCUT2D eigenvalue weighted by atomic mass is 32.1. The number of aromatic amines is 1. The molecule has 0 unspecified atom stereocenters. The van der Waals surface area contributed by atoms with Crippen LogP contribution < -0.4 is 26.4 Å². The van der Waals surface area contributed by atoms with Crippen LogP contribution in [0.1, 0.15) is 9.67 Å². The Balaban J connectivity index is 1.65. The largest absolute Gasteiger partial charge is 0.495 e. The van der Waals surface area contributed by atoms with Crippen LogP contribution in [0, 0.1) is 0 Å². The third kappa shape index (κ3) is 5.08. The molecule has 176 valence electrons. The summed E-state index contributed by atoms with van der Waals surface area (Å²) >= 11 is 1.25. The summed E-state index contributed by atoms with van der Waals surface area (Å²) in [5.74, 6) is 0.655. The minimum Gasteiger partial charge on any atom is -0.495 e. The number of likely N-dealkylation sites (N-methyl/N-ethyl adjacent to an activating group) is 1. The fraction of sp³-hybridized carbons (Fsp3) is 0.182. The van der Waals surface area contributed by atoms with E-state index in [0.29, 0.717) is 39.2 Å². The molecule has 3 aromatic heterocycles. The number of anilines is 5. The molecule has 0 atom stereocenters. The van der Waals surface area contributed by atoms with E-state index in [2.05, 4.69) is 30.9 Å². The summed E-state index contributed by atoms with van der Waals surface area (Å²) in [6.45, 7) is 0.256. The van der Waals surface area contributed by atoms with Crippen LogP contribution in [0.25, 0.3) is 11.0 Å². The van der Waals surface area contributed by atoms with Gasteiger partial charge >= 0.3 is 0 Å². The van der Waals surface area contributed by atoms with Gasteiger partial charge in [-0.05, 0) is 49.8 Å². The Morgan fingerprint density at radius 2 is 1.97 bits per heavy atom. The topological polar surface area (TPSA) is 150 Å². The number of aromatic nitrogens is 3. The fourth-order valence-electron chi connectivity index (χ4n) is 3.31. The molecule has 0 saturated heterocycles. The van der Waals surface area contributed by atoms with Crippen molar-refractivity contribution in [3.05, 3.63) is 46.8 Å². The van der Waals surface area contributed by atoms with E-state index < -0.39 is 5.91 Å². The summed E-state index contributed by atoms with van der Waals surface area (Å²) in [6, 6.07) is 8.83. The number of hydrogen-bond acceptors (Lipinski definition) is 9. The van der Waals surface area contributed by atoms with Crippen molar-refractivity contribution < 1.29 is 14.3 Å². The molecule has 12 heteroatoms. The van der Waals surface area contributed by atoms with Crippen LogP contribution >= 0.6 is 11.3 Å². The van der Waals surface area contributed by atoms with Crippen LogP contribution in [0.15, 0.2) is 41.9 Å². The summed E-state index contributed by atoms with van der Waals surface area (Å²) < 4.78 is 5.46. The molecule has 11 nitrogen and oxygen atoms in total. The zero-order valence-electron chi connectivity index (χ0n) is 18.8. The van der Waals surface area contributed by atoms with Gasteiger partial charge in [0, 0.05) is 11.9 Å². The van der Waals surface area contributed by atoms with Crippen LogP contribution in [0.3, 0.4) is 0 Å². The molecule has 0 spiro atoms. The molecular weight excluding hydrogens is 456 g/mol. The van der Waals surface area contributed by atoms with Gasteiger partial charge in [-0.2, -0.15) is 9.97 Å². The summed E-state index contributed by atoms with van der Waals surface area (Å²) in [7, 11) is 5.19. The van der Waals surface area contributed by atoms with E-state index in [9.17, 15) is 9.59 Å².